The minimum Gasteiger partial charge on any atom is -0.146 e. The molecule has 1 heterocycles. The predicted octanol–water partition coefficient (Wildman–Crippen LogP) is 5.80. The summed E-state index contributed by atoms with van der Waals surface area (Å²) in [4.78, 5) is 1.09. The summed E-state index contributed by atoms with van der Waals surface area (Å²) in [5, 5.41) is 2.54. The van der Waals surface area contributed by atoms with Gasteiger partial charge in [-0.1, -0.05) is 23.7 Å². The zero-order valence-corrected chi connectivity index (χ0v) is 12.4. The SMILES string of the molecule is Cc1ccc(C(Cl)c2sccc2Br)c(Cl)c1. The third kappa shape index (κ3) is 2.45. The van der Waals surface area contributed by atoms with Gasteiger partial charge in [0.05, 0.1) is 5.38 Å². The molecule has 0 aliphatic rings. The Hall–Kier alpha value is -0.0200. The molecule has 4 heteroatoms. The Labute approximate surface area is 117 Å². The fraction of sp³-hybridized carbons (Fsp3) is 0.167. The van der Waals surface area contributed by atoms with Gasteiger partial charge >= 0.3 is 0 Å². The first-order chi connectivity index (χ1) is 7.59. The summed E-state index contributed by atoms with van der Waals surface area (Å²) in [7, 11) is 0. The molecule has 0 spiro atoms. The maximum absolute atomic E-state index is 6.43. The van der Waals surface area contributed by atoms with Gasteiger partial charge in [0.15, 0.2) is 0 Å². The largest absolute Gasteiger partial charge is 0.146 e. The second-order valence-corrected chi connectivity index (χ2v) is 6.17. The van der Waals surface area contributed by atoms with Crippen LogP contribution in [-0.4, -0.2) is 0 Å². The molecule has 0 bridgehead atoms. The van der Waals surface area contributed by atoms with E-state index in [1.54, 1.807) is 11.3 Å². The molecule has 2 rings (SSSR count). The van der Waals surface area contributed by atoms with Crippen molar-refractivity contribution in [3.8, 4) is 0 Å². The Balaban J connectivity index is 2.41. The van der Waals surface area contributed by atoms with E-state index in [4.69, 9.17) is 23.2 Å². The average molecular weight is 336 g/mol. The minimum absolute atomic E-state index is 0.192. The Morgan fingerprint density at radius 1 is 1.31 bits per heavy atom. The molecule has 0 fully saturated rings. The van der Waals surface area contributed by atoms with Gasteiger partial charge in [-0.05, 0) is 51.5 Å². The van der Waals surface area contributed by atoms with Crippen LogP contribution in [0.25, 0.3) is 0 Å². The lowest BCUT2D eigenvalue weighted by molar-refractivity contribution is 1.17. The Morgan fingerprint density at radius 2 is 2.06 bits per heavy atom. The van der Waals surface area contributed by atoms with E-state index in [2.05, 4.69) is 15.9 Å². The van der Waals surface area contributed by atoms with Crippen LogP contribution in [0.3, 0.4) is 0 Å². The Morgan fingerprint density at radius 3 is 2.62 bits per heavy atom. The van der Waals surface area contributed by atoms with Crippen molar-refractivity contribution in [2.45, 2.75) is 12.3 Å². The highest BCUT2D eigenvalue weighted by Gasteiger charge is 2.17. The zero-order chi connectivity index (χ0) is 11.7. The highest BCUT2D eigenvalue weighted by Crippen LogP contribution is 2.40. The van der Waals surface area contributed by atoms with Crippen LogP contribution < -0.4 is 0 Å². The van der Waals surface area contributed by atoms with Crippen LogP contribution in [0, 0.1) is 6.92 Å². The number of aryl methyl sites for hydroxylation is 1. The van der Waals surface area contributed by atoms with Crippen LogP contribution in [-0.2, 0) is 0 Å². The normalized spacial score (nSPS) is 12.8. The van der Waals surface area contributed by atoms with Crippen molar-refractivity contribution in [1.29, 1.82) is 0 Å². The van der Waals surface area contributed by atoms with Crippen molar-refractivity contribution >= 4 is 50.5 Å². The van der Waals surface area contributed by atoms with Crippen molar-refractivity contribution in [2.75, 3.05) is 0 Å². The van der Waals surface area contributed by atoms with Gasteiger partial charge in [0.25, 0.3) is 0 Å². The van der Waals surface area contributed by atoms with Crippen LogP contribution >= 0.6 is 50.5 Å². The number of rotatable bonds is 2. The number of hydrogen-bond donors (Lipinski definition) is 0. The van der Waals surface area contributed by atoms with Crippen molar-refractivity contribution < 1.29 is 0 Å². The van der Waals surface area contributed by atoms with Crippen LogP contribution in [0.1, 0.15) is 21.4 Å². The fourth-order valence-corrected chi connectivity index (χ4v) is 4.05. The summed E-state index contributed by atoms with van der Waals surface area (Å²) >= 11 is 17.7. The van der Waals surface area contributed by atoms with Gasteiger partial charge in [-0.3, -0.25) is 0 Å². The maximum Gasteiger partial charge on any atom is 0.0953 e. The van der Waals surface area contributed by atoms with Crippen LogP contribution in [0.5, 0.6) is 0 Å². The summed E-state index contributed by atoms with van der Waals surface area (Å²) in [5.41, 5.74) is 2.10. The molecule has 1 aromatic heterocycles. The standard InChI is InChI=1S/C12H9BrCl2S/c1-7-2-3-8(10(14)6-7)11(15)12-9(13)4-5-16-12/h2-6,11H,1H3. The molecular formula is C12H9BrCl2S. The van der Waals surface area contributed by atoms with E-state index < -0.39 is 0 Å². The lowest BCUT2D eigenvalue weighted by Crippen LogP contribution is -1.92. The number of benzene rings is 1. The third-order valence-electron chi connectivity index (χ3n) is 2.30. The number of halogens is 3. The van der Waals surface area contributed by atoms with E-state index in [-0.39, 0.29) is 5.38 Å². The molecule has 0 N–H and O–H groups in total. The molecule has 0 amide bonds. The second kappa shape index (κ2) is 5.09. The molecule has 16 heavy (non-hydrogen) atoms. The first-order valence-electron chi connectivity index (χ1n) is 4.72. The van der Waals surface area contributed by atoms with E-state index in [0.29, 0.717) is 0 Å². The van der Waals surface area contributed by atoms with E-state index in [1.807, 2.05) is 36.6 Å². The van der Waals surface area contributed by atoms with Crippen LogP contribution in [0.2, 0.25) is 5.02 Å². The molecule has 1 atom stereocenters. The van der Waals surface area contributed by atoms with Gasteiger partial charge in [-0.25, -0.2) is 0 Å². The van der Waals surface area contributed by atoms with Gasteiger partial charge in [0.1, 0.15) is 0 Å². The molecule has 0 saturated heterocycles. The molecule has 84 valence electrons. The lowest BCUT2D eigenvalue weighted by atomic mass is 10.1. The first-order valence-corrected chi connectivity index (χ1v) is 7.21. The minimum atomic E-state index is -0.192. The molecule has 0 radical (unpaired) electrons. The Bertz CT molecular complexity index is 507. The summed E-state index contributed by atoms with van der Waals surface area (Å²) in [5.74, 6) is 0. The summed E-state index contributed by atoms with van der Waals surface area (Å²) in [6.07, 6.45) is 0. The first kappa shape index (κ1) is 12.4. The van der Waals surface area contributed by atoms with E-state index in [1.165, 1.54) is 0 Å². The predicted molar refractivity (Wildman–Crippen MR) is 75.9 cm³/mol. The van der Waals surface area contributed by atoms with Crippen LogP contribution in [0.4, 0.5) is 0 Å². The smallest absolute Gasteiger partial charge is 0.0953 e. The molecule has 0 aliphatic carbocycles. The monoisotopic (exact) mass is 334 g/mol. The van der Waals surface area contributed by atoms with Crippen molar-refractivity contribution in [2.24, 2.45) is 0 Å². The number of alkyl halides is 1. The van der Waals surface area contributed by atoms with Gasteiger partial charge in [-0.15, -0.1) is 22.9 Å². The number of thiophene rings is 1. The molecule has 2 aromatic rings. The van der Waals surface area contributed by atoms with Gasteiger partial charge in [0, 0.05) is 14.4 Å². The second-order valence-electron chi connectivity index (χ2n) is 3.52. The topological polar surface area (TPSA) is 0 Å². The van der Waals surface area contributed by atoms with Crippen molar-refractivity contribution in [1.82, 2.24) is 0 Å². The summed E-state index contributed by atoms with van der Waals surface area (Å²) < 4.78 is 1.04. The molecule has 0 nitrogen and oxygen atoms in total. The fourth-order valence-electron chi connectivity index (χ4n) is 1.47. The van der Waals surface area contributed by atoms with Crippen molar-refractivity contribution in [3.63, 3.8) is 0 Å². The van der Waals surface area contributed by atoms with Crippen LogP contribution in [0.15, 0.2) is 34.1 Å². The molecule has 1 unspecified atom stereocenters. The van der Waals surface area contributed by atoms with Gasteiger partial charge in [0.2, 0.25) is 0 Å². The highest BCUT2D eigenvalue weighted by atomic mass is 79.9. The van der Waals surface area contributed by atoms with E-state index in [0.717, 1.165) is 25.5 Å². The lowest BCUT2D eigenvalue weighted by Gasteiger charge is -2.11. The average Bonchev–Trinajstić information content (AvgIpc) is 2.63. The van der Waals surface area contributed by atoms with E-state index >= 15 is 0 Å². The van der Waals surface area contributed by atoms with Crippen molar-refractivity contribution in [3.05, 3.63) is 55.1 Å². The van der Waals surface area contributed by atoms with Gasteiger partial charge in [-0.2, -0.15) is 0 Å². The molecule has 0 aliphatic heterocycles. The zero-order valence-electron chi connectivity index (χ0n) is 8.51. The maximum atomic E-state index is 6.43. The summed E-state index contributed by atoms with van der Waals surface area (Å²) in [6.45, 7) is 2.01. The molecule has 0 saturated carbocycles. The van der Waals surface area contributed by atoms with E-state index in [9.17, 15) is 0 Å². The Kier molecular flexibility index (Phi) is 3.96. The quantitative estimate of drug-likeness (QED) is 0.608. The summed E-state index contributed by atoms with van der Waals surface area (Å²) in [6, 6.07) is 7.95. The molecule has 1 aromatic carbocycles. The van der Waals surface area contributed by atoms with Gasteiger partial charge < -0.3 is 0 Å². The third-order valence-corrected chi connectivity index (χ3v) is 5.15. The highest BCUT2D eigenvalue weighted by molar-refractivity contribution is 9.10. The molecular weight excluding hydrogens is 327 g/mol. The number of hydrogen-bond acceptors (Lipinski definition) is 1.